The smallest absolute Gasteiger partial charge is 0.257 e. The lowest BCUT2D eigenvalue weighted by Crippen LogP contribution is -2.33. The summed E-state index contributed by atoms with van der Waals surface area (Å²) in [5, 5.41) is 0. The van der Waals surface area contributed by atoms with Crippen molar-refractivity contribution in [3.63, 3.8) is 0 Å². The van der Waals surface area contributed by atoms with E-state index in [0.29, 0.717) is 18.4 Å². The molecule has 0 saturated carbocycles. The molecule has 0 aromatic carbocycles. The Balaban J connectivity index is 2.20. The molecular weight excluding hydrogens is 166 g/mol. The molecule has 2 rings (SSSR count). The van der Waals surface area contributed by atoms with Crippen LogP contribution in [0.3, 0.4) is 0 Å². The summed E-state index contributed by atoms with van der Waals surface area (Å²) in [6.07, 6.45) is 1.84. The number of pyridine rings is 1. The number of hydrogen-bond donors (Lipinski definition) is 0. The summed E-state index contributed by atoms with van der Waals surface area (Å²) in [5.41, 5.74) is 0. The summed E-state index contributed by atoms with van der Waals surface area (Å²) in [4.78, 5) is 4.10. The zero-order valence-electron chi connectivity index (χ0n) is 7.86. The van der Waals surface area contributed by atoms with Gasteiger partial charge in [-0.15, -0.1) is 0 Å². The van der Waals surface area contributed by atoms with Crippen LogP contribution in [0.2, 0.25) is 0 Å². The van der Waals surface area contributed by atoms with Gasteiger partial charge in [-0.2, -0.15) is 0 Å². The van der Waals surface area contributed by atoms with Crippen molar-refractivity contribution in [2.75, 3.05) is 6.61 Å². The van der Waals surface area contributed by atoms with Gasteiger partial charge in [0, 0.05) is 6.20 Å². The molecule has 0 N–H and O–H groups in total. The van der Waals surface area contributed by atoms with Crippen molar-refractivity contribution in [1.82, 2.24) is 4.98 Å². The Morgan fingerprint density at radius 3 is 3.15 bits per heavy atom. The highest BCUT2D eigenvalue weighted by Gasteiger charge is 2.23. The largest absolute Gasteiger partial charge is 0.484 e. The molecule has 1 aromatic heterocycles. The summed E-state index contributed by atoms with van der Waals surface area (Å²) in [6.45, 7) is 4.85. The fraction of sp³-hybridized carbons (Fsp3) is 0.500. The molecule has 2 heterocycles. The van der Waals surface area contributed by atoms with Gasteiger partial charge in [0.05, 0.1) is 0 Å². The molecule has 13 heavy (non-hydrogen) atoms. The van der Waals surface area contributed by atoms with Crippen LogP contribution in [0.5, 0.6) is 11.6 Å². The first-order chi connectivity index (χ1) is 6.27. The van der Waals surface area contributed by atoms with Gasteiger partial charge in [0.1, 0.15) is 12.7 Å². The van der Waals surface area contributed by atoms with Crippen LogP contribution >= 0.6 is 0 Å². The molecule has 0 spiro atoms. The Kier molecular flexibility index (Phi) is 2.08. The van der Waals surface area contributed by atoms with Crippen molar-refractivity contribution in [1.29, 1.82) is 0 Å². The molecule has 0 fully saturated rings. The monoisotopic (exact) mass is 179 g/mol. The molecule has 0 aliphatic carbocycles. The zero-order valence-corrected chi connectivity index (χ0v) is 7.86. The number of nitrogens with zero attached hydrogens (tertiary/aromatic N) is 1. The first-order valence-corrected chi connectivity index (χ1v) is 4.52. The third-order valence-electron chi connectivity index (χ3n) is 2.15. The fourth-order valence-corrected chi connectivity index (χ4v) is 1.25. The second-order valence-corrected chi connectivity index (χ2v) is 3.52. The molecule has 0 bridgehead atoms. The molecule has 1 atom stereocenters. The highest BCUT2D eigenvalue weighted by atomic mass is 16.6. The summed E-state index contributed by atoms with van der Waals surface area (Å²) in [7, 11) is 0. The van der Waals surface area contributed by atoms with Crippen molar-refractivity contribution in [3.8, 4) is 11.6 Å². The van der Waals surface area contributed by atoms with Gasteiger partial charge in [0.25, 0.3) is 5.88 Å². The van der Waals surface area contributed by atoms with Gasteiger partial charge in [-0.25, -0.2) is 4.98 Å². The van der Waals surface area contributed by atoms with E-state index in [9.17, 15) is 0 Å². The van der Waals surface area contributed by atoms with Crippen LogP contribution in [0.25, 0.3) is 0 Å². The highest BCUT2D eigenvalue weighted by molar-refractivity contribution is 5.33. The molecule has 3 heteroatoms. The molecule has 1 aromatic rings. The summed E-state index contributed by atoms with van der Waals surface area (Å²) < 4.78 is 11.2. The molecule has 70 valence electrons. The highest BCUT2D eigenvalue weighted by Crippen LogP contribution is 2.29. The first-order valence-electron chi connectivity index (χ1n) is 4.52. The predicted octanol–water partition coefficient (Wildman–Crippen LogP) is 1.88. The maximum atomic E-state index is 5.66. The van der Waals surface area contributed by atoms with Crippen molar-refractivity contribution in [2.45, 2.75) is 20.0 Å². The summed E-state index contributed by atoms with van der Waals surface area (Å²) in [6, 6.07) is 3.72. The SMILES string of the molecule is CC(C)C1COc2cccnc2O1. The van der Waals surface area contributed by atoms with Gasteiger partial charge in [0.2, 0.25) is 0 Å². The molecular formula is C10H13NO2. The lowest BCUT2D eigenvalue weighted by Gasteiger charge is -2.27. The van der Waals surface area contributed by atoms with Gasteiger partial charge in [-0.1, -0.05) is 13.8 Å². The van der Waals surface area contributed by atoms with E-state index in [4.69, 9.17) is 9.47 Å². The third kappa shape index (κ3) is 1.59. The van der Waals surface area contributed by atoms with Gasteiger partial charge in [0.15, 0.2) is 5.75 Å². The zero-order chi connectivity index (χ0) is 9.26. The molecule has 0 radical (unpaired) electrons. The van der Waals surface area contributed by atoms with Gasteiger partial charge in [-0.3, -0.25) is 0 Å². The third-order valence-corrected chi connectivity index (χ3v) is 2.15. The normalized spacial score (nSPS) is 20.4. The number of fused-ring (bicyclic) bond motifs is 1. The van der Waals surface area contributed by atoms with Crippen LogP contribution in [0, 0.1) is 5.92 Å². The van der Waals surface area contributed by atoms with Gasteiger partial charge >= 0.3 is 0 Å². The molecule has 3 nitrogen and oxygen atoms in total. The van der Waals surface area contributed by atoms with E-state index in [1.54, 1.807) is 6.20 Å². The Bertz CT molecular complexity index is 299. The molecule has 1 unspecified atom stereocenters. The van der Waals surface area contributed by atoms with E-state index >= 15 is 0 Å². The van der Waals surface area contributed by atoms with E-state index in [-0.39, 0.29) is 6.10 Å². The lowest BCUT2D eigenvalue weighted by molar-refractivity contribution is 0.0537. The first kappa shape index (κ1) is 8.35. The minimum Gasteiger partial charge on any atom is -0.484 e. The van der Waals surface area contributed by atoms with E-state index in [1.807, 2.05) is 12.1 Å². The van der Waals surface area contributed by atoms with Crippen LogP contribution in [0.4, 0.5) is 0 Å². The lowest BCUT2D eigenvalue weighted by atomic mass is 10.1. The second kappa shape index (κ2) is 3.24. The minimum absolute atomic E-state index is 0.127. The Hall–Kier alpha value is -1.25. The fourth-order valence-electron chi connectivity index (χ4n) is 1.25. The number of ether oxygens (including phenoxy) is 2. The Morgan fingerprint density at radius 1 is 1.54 bits per heavy atom. The quantitative estimate of drug-likeness (QED) is 0.659. The van der Waals surface area contributed by atoms with Gasteiger partial charge < -0.3 is 9.47 Å². The number of aromatic nitrogens is 1. The molecule has 0 saturated heterocycles. The van der Waals surface area contributed by atoms with E-state index < -0.39 is 0 Å². The van der Waals surface area contributed by atoms with E-state index in [1.165, 1.54) is 0 Å². The number of hydrogen-bond acceptors (Lipinski definition) is 3. The maximum absolute atomic E-state index is 5.66. The molecule has 1 aliphatic rings. The van der Waals surface area contributed by atoms with Crippen molar-refractivity contribution in [2.24, 2.45) is 5.92 Å². The Labute approximate surface area is 77.7 Å². The topological polar surface area (TPSA) is 31.4 Å². The second-order valence-electron chi connectivity index (χ2n) is 3.52. The van der Waals surface area contributed by atoms with Crippen molar-refractivity contribution >= 4 is 0 Å². The van der Waals surface area contributed by atoms with Crippen LogP contribution in [-0.2, 0) is 0 Å². The maximum Gasteiger partial charge on any atom is 0.257 e. The molecule has 0 amide bonds. The predicted molar refractivity (Wildman–Crippen MR) is 49.0 cm³/mol. The van der Waals surface area contributed by atoms with E-state index in [0.717, 1.165) is 5.75 Å². The standard InChI is InChI=1S/C10H13NO2/c1-7(2)9-6-12-8-4-3-5-11-10(8)13-9/h3-5,7,9H,6H2,1-2H3. The van der Waals surface area contributed by atoms with E-state index in [2.05, 4.69) is 18.8 Å². The number of rotatable bonds is 1. The summed E-state index contributed by atoms with van der Waals surface area (Å²) in [5.74, 6) is 1.82. The average Bonchev–Trinajstić information content (AvgIpc) is 2.17. The minimum atomic E-state index is 0.127. The average molecular weight is 179 g/mol. The van der Waals surface area contributed by atoms with Gasteiger partial charge in [-0.05, 0) is 18.1 Å². The van der Waals surface area contributed by atoms with Crippen molar-refractivity contribution in [3.05, 3.63) is 18.3 Å². The Morgan fingerprint density at radius 2 is 2.38 bits per heavy atom. The van der Waals surface area contributed by atoms with Crippen molar-refractivity contribution < 1.29 is 9.47 Å². The van der Waals surface area contributed by atoms with Crippen LogP contribution in [0.1, 0.15) is 13.8 Å². The van der Waals surface area contributed by atoms with Crippen LogP contribution in [-0.4, -0.2) is 17.7 Å². The molecule has 1 aliphatic heterocycles. The van der Waals surface area contributed by atoms with Crippen LogP contribution < -0.4 is 9.47 Å². The summed E-state index contributed by atoms with van der Waals surface area (Å²) >= 11 is 0. The van der Waals surface area contributed by atoms with Crippen LogP contribution in [0.15, 0.2) is 18.3 Å².